The summed E-state index contributed by atoms with van der Waals surface area (Å²) in [6.45, 7) is 12.4. The van der Waals surface area contributed by atoms with Crippen LogP contribution in [0.4, 0.5) is 0 Å². The monoisotopic (exact) mass is 289 g/mol. The van der Waals surface area contributed by atoms with Gasteiger partial charge in [0.15, 0.2) is 0 Å². The quantitative estimate of drug-likeness (QED) is 0.782. The van der Waals surface area contributed by atoms with Gasteiger partial charge in [-0.2, -0.15) is 0 Å². The summed E-state index contributed by atoms with van der Waals surface area (Å²) >= 11 is 0. The van der Waals surface area contributed by atoms with E-state index in [-0.39, 0.29) is 5.41 Å². The van der Waals surface area contributed by atoms with E-state index < -0.39 is 0 Å². The minimum Gasteiger partial charge on any atom is -0.489 e. The summed E-state index contributed by atoms with van der Waals surface area (Å²) in [5, 5.41) is 3.68. The van der Waals surface area contributed by atoms with Crippen molar-refractivity contribution in [2.75, 3.05) is 6.54 Å². The van der Waals surface area contributed by atoms with Crippen LogP contribution in [0.15, 0.2) is 24.3 Å². The molecule has 0 bridgehead atoms. The Morgan fingerprint density at radius 2 is 2.00 bits per heavy atom. The van der Waals surface area contributed by atoms with Crippen molar-refractivity contribution in [3.05, 3.63) is 29.8 Å². The number of hydrogen-bond donors (Lipinski definition) is 1. The molecule has 0 amide bonds. The van der Waals surface area contributed by atoms with Crippen LogP contribution in [0.5, 0.6) is 5.75 Å². The largest absolute Gasteiger partial charge is 0.489 e. The molecule has 1 saturated carbocycles. The van der Waals surface area contributed by atoms with Gasteiger partial charge in [-0.05, 0) is 36.9 Å². The van der Waals surface area contributed by atoms with E-state index in [0.29, 0.717) is 18.1 Å². The van der Waals surface area contributed by atoms with Crippen LogP contribution < -0.4 is 10.1 Å². The lowest BCUT2D eigenvalue weighted by Gasteiger charge is -2.53. The topological polar surface area (TPSA) is 21.3 Å². The number of rotatable bonds is 7. The van der Waals surface area contributed by atoms with Crippen molar-refractivity contribution < 1.29 is 4.74 Å². The molecule has 0 heterocycles. The molecule has 3 atom stereocenters. The summed E-state index contributed by atoms with van der Waals surface area (Å²) in [5.74, 6) is 1.58. The van der Waals surface area contributed by atoms with Gasteiger partial charge < -0.3 is 10.1 Å². The van der Waals surface area contributed by atoms with Crippen molar-refractivity contribution >= 4 is 0 Å². The number of benzene rings is 1. The van der Waals surface area contributed by atoms with Gasteiger partial charge in [-0.25, -0.2) is 0 Å². The molecule has 1 aliphatic rings. The summed E-state index contributed by atoms with van der Waals surface area (Å²) in [6, 6.07) is 9.09. The van der Waals surface area contributed by atoms with Gasteiger partial charge in [0, 0.05) is 17.9 Å². The number of ether oxygens (including phenoxy) is 1. The van der Waals surface area contributed by atoms with E-state index >= 15 is 0 Å². The molecule has 0 radical (unpaired) electrons. The number of para-hydroxylation sites is 1. The Morgan fingerprint density at radius 3 is 2.62 bits per heavy atom. The normalized spacial score (nSPS) is 28.5. The summed E-state index contributed by atoms with van der Waals surface area (Å²) in [4.78, 5) is 0. The molecule has 1 aliphatic carbocycles. The van der Waals surface area contributed by atoms with Gasteiger partial charge in [0.1, 0.15) is 11.9 Å². The molecule has 0 saturated heterocycles. The third-order valence-corrected chi connectivity index (χ3v) is 5.19. The lowest BCUT2D eigenvalue weighted by molar-refractivity contribution is -0.0705. The van der Waals surface area contributed by atoms with Crippen molar-refractivity contribution in [3.63, 3.8) is 0 Å². The molecule has 0 spiro atoms. The Morgan fingerprint density at radius 1 is 1.29 bits per heavy atom. The Bertz CT molecular complexity index is 457. The molecule has 0 aromatic heterocycles. The second kappa shape index (κ2) is 6.83. The standard InChI is InChI=1S/C19H31NO/c1-6-12-20-17-13-18(19(17,5)7-2)21-16-11-9-8-10-15(16)14(3)4/h8-11,14,17-18,20H,6-7,12-13H2,1-5H3. The maximum absolute atomic E-state index is 6.42. The van der Waals surface area contributed by atoms with Gasteiger partial charge in [0.2, 0.25) is 0 Å². The zero-order valence-electron chi connectivity index (χ0n) is 14.3. The molecule has 2 heteroatoms. The zero-order chi connectivity index (χ0) is 15.5. The van der Waals surface area contributed by atoms with Crippen LogP contribution in [0.2, 0.25) is 0 Å². The first-order valence-electron chi connectivity index (χ1n) is 8.51. The molecule has 2 rings (SSSR count). The van der Waals surface area contributed by atoms with Crippen LogP contribution >= 0.6 is 0 Å². The van der Waals surface area contributed by atoms with E-state index in [2.05, 4.69) is 64.2 Å². The first-order chi connectivity index (χ1) is 10.0. The second-order valence-electron chi connectivity index (χ2n) is 6.90. The zero-order valence-corrected chi connectivity index (χ0v) is 14.3. The van der Waals surface area contributed by atoms with E-state index in [0.717, 1.165) is 25.1 Å². The fraction of sp³-hybridized carbons (Fsp3) is 0.684. The van der Waals surface area contributed by atoms with Gasteiger partial charge >= 0.3 is 0 Å². The van der Waals surface area contributed by atoms with Crippen LogP contribution in [0, 0.1) is 5.41 Å². The maximum atomic E-state index is 6.42. The van der Waals surface area contributed by atoms with Gasteiger partial charge in [0.05, 0.1) is 0 Å². The fourth-order valence-corrected chi connectivity index (χ4v) is 3.33. The van der Waals surface area contributed by atoms with Gasteiger partial charge in [0.25, 0.3) is 0 Å². The predicted octanol–water partition coefficient (Wildman–Crippen LogP) is 4.75. The van der Waals surface area contributed by atoms with Crippen molar-refractivity contribution in [1.82, 2.24) is 5.32 Å². The molecular weight excluding hydrogens is 258 g/mol. The Balaban J connectivity index is 2.07. The van der Waals surface area contributed by atoms with E-state index in [4.69, 9.17) is 4.74 Å². The number of hydrogen-bond acceptors (Lipinski definition) is 2. The molecule has 1 fully saturated rings. The third kappa shape index (κ3) is 3.26. The van der Waals surface area contributed by atoms with E-state index in [9.17, 15) is 0 Å². The van der Waals surface area contributed by atoms with Gasteiger partial charge in [-0.3, -0.25) is 0 Å². The minimum atomic E-state index is 0.249. The molecule has 0 aliphatic heterocycles. The lowest BCUT2D eigenvalue weighted by atomic mass is 9.61. The highest BCUT2D eigenvalue weighted by Crippen LogP contribution is 2.46. The van der Waals surface area contributed by atoms with E-state index in [1.807, 2.05) is 0 Å². The molecule has 1 aromatic carbocycles. The highest BCUT2D eigenvalue weighted by Gasteiger charge is 2.51. The highest BCUT2D eigenvalue weighted by molar-refractivity contribution is 5.36. The molecule has 3 unspecified atom stereocenters. The van der Waals surface area contributed by atoms with Crippen molar-refractivity contribution in [1.29, 1.82) is 0 Å². The number of nitrogens with one attached hydrogen (secondary N) is 1. The molecule has 118 valence electrons. The van der Waals surface area contributed by atoms with Crippen LogP contribution in [0.25, 0.3) is 0 Å². The van der Waals surface area contributed by atoms with Gasteiger partial charge in [-0.15, -0.1) is 0 Å². The van der Waals surface area contributed by atoms with Crippen LogP contribution in [0.3, 0.4) is 0 Å². The van der Waals surface area contributed by atoms with Crippen molar-refractivity contribution in [3.8, 4) is 5.75 Å². The first-order valence-corrected chi connectivity index (χ1v) is 8.51. The minimum absolute atomic E-state index is 0.249. The second-order valence-corrected chi connectivity index (χ2v) is 6.90. The SMILES string of the molecule is CCCNC1CC(Oc2ccccc2C(C)C)C1(C)CC. The average Bonchev–Trinajstić information content (AvgIpc) is 2.49. The summed E-state index contributed by atoms with van der Waals surface area (Å²) in [5.41, 5.74) is 1.57. The van der Waals surface area contributed by atoms with Crippen LogP contribution in [-0.4, -0.2) is 18.7 Å². The Labute approximate surface area is 130 Å². The molecule has 21 heavy (non-hydrogen) atoms. The highest BCUT2D eigenvalue weighted by atomic mass is 16.5. The predicted molar refractivity (Wildman–Crippen MR) is 90.0 cm³/mol. The van der Waals surface area contributed by atoms with Crippen LogP contribution in [0.1, 0.15) is 65.4 Å². The Hall–Kier alpha value is -1.02. The molecular formula is C19H31NO. The summed E-state index contributed by atoms with van der Waals surface area (Å²) in [6.07, 6.45) is 3.80. The maximum Gasteiger partial charge on any atom is 0.123 e. The Kier molecular flexibility index (Phi) is 5.32. The smallest absolute Gasteiger partial charge is 0.123 e. The third-order valence-electron chi connectivity index (χ3n) is 5.19. The first kappa shape index (κ1) is 16.4. The van der Waals surface area contributed by atoms with Gasteiger partial charge in [-0.1, -0.05) is 52.8 Å². The van der Waals surface area contributed by atoms with Crippen molar-refractivity contribution in [2.45, 2.75) is 71.9 Å². The molecule has 2 nitrogen and oxygen atoms in total. The van der Waals surface area contributed by atoms with Crippen LogP contribution in [-0.2, 0) is 0 Å². The molecule has 1 N–H and O–H groups in total. The van der Waals surface area contributed by atoms with E-state index in [1.54, 1.807) is 0 Å². The summed E-state index contributed by atoms with van der Waals surface area (Å²) in [7, 11) is 0. The summed E-state index contributed by atoms with van der Waals surface area (Å²) < 4.78 is 6.42. The average molecular weight is 289 g/mol. The fourth-order valence-electron chi connectivity index (χ4n) is 3.33. The lowest BCUT2D eigenvalue weighted by Crippen LogP contribution is -2.63. The van der Waals surface area contributed by atoms with E-state index in [1.165, 1.54) is 12.0 Å². The molecule has 1 aromatic rings. The van der Waals surface area contributed by atoms with Crippen molar-refractivity contribution in [2.24, 2.45) is 5.41 Å².